The van der Waals surface area contributed by atoms with Crippen molar-refractivity contribution in [1.29, 1.82) is 0 Å². The van der Waals surface area contributed by atoms with Gasteiger partial charge < -0.3 is 24.3 Å². The first-order valence-electron chi connectivity index (χ1n) is 16.0. The quantitative estimate of drug-likeness (QED) is 0.0897. The number of benzene rings is 1. The maximum atomic E-state index is 13.8. The summed E-state index contributed by atoms with van der Waals surface area (Å²) in [6.45, 7) is 7.09. The second kappa shape index (κ2) is 13.6. The van der Waals surface area contributed by atoms with Crippen molar-refractivity contribution in [2.75, 3.05) is 20.6 Å². The molecule has 4 heterocycles. The molecule has 12 nitrogen and oxygen atoms in total. The highest BCUT2D eigenvalue weighted by molar-refractivity contribution is 5.93. The molecule has 2 amide bonds. The number of rotatable bonds is 12. The lowest BCUT2D eigenvalue weighted by molar-refractivity contribution is -0.153. The number of nitrogens with zero attached hydrogens (tertiary/aromatic N) is 3. The number of hydroxylamine groups is 1. The first-order chi connectivity index (χ1) is 22.0. The van der Waals surface area contributed by atoms with Gasteiger partial charge in [0.1, 0.15) is 12.4 Å². The number of esters is 1. The molecule has 0 bridgehead atoms. The second-order valence-electron chi connectivity index (χ2n) is 12.5. The molecule has 46 heavy (non-hydrogen) atoms. The van der Waals surface area contributed by atoms with Crippen molar-refractivity contribution in [2.24, 2.45) is 0 Å². The number of aryl methyl sites for hydroxylation is 1. The molecule has 3 N–H and O–H groups in total. The molecule has 2 aliphatic heterocycles. The Morgan fingerprint density at radius 2 is 1.87 bits per heavy atom. The Labute approximate surface area is 268 Å². The summed E-state index contributed by atoms with van der Waals surface area (Å²) in [7, 11) is 3.90. The highest BCUT2D eigenvalue weighted by Gasteiger charge is 2.43. The Balaban J connectivity index is 1.46. The molecule has 246 valence electrons. The van der Waals surface area contributed by atoms with E-state index in [1.54, 1.807) is 16.1 Å². The Morgan fingerprint density at radius 1 is 1.11 bits per heavy atom. The molecule has 2 aliphatic rings. The van der Waals surface area contributed by atoms with Crippen LogP contribution in [0.5, 0.6) is 5.75 Å². The Hall–Kier alpha value is -4.29. The summed E-state index contributed by atoms with van der Waals surface area (Å²) in [4.78, 5) is 57.7. The van der Waals surface area contributed by atoms with Crippen molar-refractivity contribution in [3.63, 3.8) is 0 Å². The summed E-state index contributed by atoms with van der Waals surface area (Å²) in [6, 6.07) is 5.58. The number of hydrogen-bond donors (Lipinski definition) is 3. The average Bonchev–Trinajstić information content (AvgIpc) is 3.40. The van der Waals surface area contributed by atoms with Crippen LogP contribution in [0.1, 0.15) is 87.1 Å². The summed E-state index contributed by atoms with van der Waals surface area (Å²) >= 11 is 0. The zero-order valence-electron chi connectivity index (χ0n) is 27.2. The van der Waals surface area contributed by atoms with Crippen LogP contribution in [0.2, 0.25) is 0 Å². The van der Waals surface area contributed by atoms with Gasteiger partial charge in [-0.3, -0.25) is 19.6 Å². The number of ether oxygens (including phenoxy) is 2. The minimum absolute atomic E-state index is 0.0334. The topological polar surface area (TPSA) is 152 Å². The van der Waals surface area contributed by atoms with Gasteiger partial charge in [0.2, 0.25) is 5.91 Å². The fourth-order valence-electron chi connectivity index (χ4n) is 6.59. The van der Waals surface area contributed by atoms with Crippen molar-refractivity contribution < 1.29 is 29.1 Å². The molecule has 12 heteroatoms. The van der Waals surface area contributed by atoms with Gasteiger partial charge in [-0.05, 0) is 76.0 Å². The minimum atomic E-state index is -0.903. The summed E-state index contributed by atoms with van der Waals surface area (Å²) in [5.74, 6) is -0.274. The summed E-state index contributed by atoms with van der Waals surface area (Å²) in [5, 5.41) is 12.3. The zero-order chi connectivity index (χ0) is 33.2. The van der Waals surface area contributed by atoms with Crippen LogP contribution in [0.25, 0.3) is 22.3 Å². The number of fused-ring (bicyclic) bond motifs is 5. The molecule has 2 aromatic heterocycles. The van der Waals surface area contributed by atoms with Crippen molar-refractivity contribution in [3.05, 3.63) is 56.4 Å². The van der Waals surface area contributed by atoms with E-state index in [9.17, 15) is 19.2 Å². The van der Waals surface area contributed by atoms with Crippen LogP contribution >= 0.6 is 0 Å². The molecule has 5 rings (SSSR count). The minimum Gasteiger partial charge on any atom is -0.460 e. The molecule has 0 unspecified atom stereocenters. The summed E-state index contributed by atoms with van der Waals surface area (Å²) in [5.41, 5.74) is 6.83. The van der Waals surface area contributed by atoms with Crippen LogP contribution in [0, 0.1) is 0 Å². The highest BCUT2D eigenvalue weighted by atomic mass is 16.6. The van der Waals surface area contributed by atoms with Crippen LogP contribution in [-0.2, 0) is 45.9 Å². The van der Waals surface area contributed by atoms with Gasteiger partial charge in [-0.15, -0.1) is 0 Å². The predicted molar refractivity (Wildman–Crippen MR) is 172 cm³/mol. The third-order valence-electron chi connectivity index (χ3n) is 9.25. The summed E-state index contributed by atoms with van der Waals surface area (Å²) < 4.78 is 13.0. The highest BCUT2D eigenvalue weighted by Crippen LogP contribution is 2.42. The van der Waals surface area contributed by atoms with Crippen molar-refractivity contribution in [2.45, 2.75) is 90.8 Å². The fraction of sp³-hybridized carbons (Fsp3) is 0.500. The molecular formula is C34H43N5O7. The van der Waals surface area contributed by atoms with E-state index in [1.807, 2.05) is 45.0 Å². The summed E-state index contributed by atoms with van der Waals surface area (Å²) in [6.07, 6.45) is 3.92. The smallest absolute Gasteiger partial charge is 0.412 e. The van der Waals surface area contributed by atoms with Crippen molar-refractivity contribution >= 4 is 28.9 Å². The number of amides is 2. The number of cyclic esters (lactones) is 1. The molecule has 0 aliphatic carbocycles. The lowest BCUT2D eigenvalue weighted by Gasteiger charge is -2.33. The maximum Gasteiger partial charge on any atom is 0.412 e. The van der Waals surface area contributed by atoms with Crippen molar-refractivity contribution in [3.8, 4) is 17.1 Å². The monoisotopic (exact) mass is 633 g/mol. The van der Waals surface area contributed by atoms with Gasteiger partial charge in [0.05, 0.1) is 34.4 Å². The van der Waals surface area contributed by atoms with Crippen LogP contribution in [0.4, 0.5) is 4.79 Å². The first-order valence-corrected chi connectivity index (χ1v) is 16.0. The molecule has 1 aromatic carbocycles. The fourth-order valence-corrected chi connectivity index (χ4v) is 6.59. The molecule has 0 radical (unpaired) electrons. The van der Waals surface area contributed by atoms with Gasteiger partial charge in [0.25, 0.3) is 5.56 Å². The van der Waals surface area contributed by atoms with Gasteiger partial charge in [0.15, 0.2) is 0 Å². The first kappa shape index (κ1) is 33.1. The molecule has 3 aromatic rings. The van der Waals surface area contributed by atoms with Crippen LogP contribution in [0.3, 0.4) is 0 Å². The van der Waals surface area contributed by atoms with Gasteiger partial charge >= 0.3 is 12.1 Å². The van der Waals surface area contributed by atoms with E-state index in [-0.39, 0.29) is 24.6 Å². The van der Waals surface area contributed by atoms with E-state index in [0.29, 0.717) is 61.5 Å². The number of aromatic nitrogens is 2. The van der Waals surface area contributed by atoms with E-state index < -0.39 is 17.4 Å². The third kappa shape index (κ3) is 6.11. The number of carbonyl (C=O) groups excluding carboxylic acids is 3. The lowest BCUT2D eigenvalue weighted by Crippen LogP contribution is -2.42. The molecule has 0 spiro atoms. The third-order valence-corrected chi connectivity index (χ3v) is 9.25. The van der Waals surface area contributed by atoms with Gasteiger partial charge in [0, 0.05) is 36.0 Å². The molecule has 0 fully saturated rings. The van der Waals surface area contributed by atoms with E-state index in [4.69, 9.17) is 19.7 Å². The lowest BCUT2D eigenvalue weighted by atomic mass is 9.76. The Kier molecular flexibility index (Phi) is 9.78. The van der Waals surface area contributed by atoms with E-state index in [2.05, 4.69) is 12.2 Å². The normalized spacial score (nSPS) is 16.5. The van der Waals surface area contributed by atoms with E-state index in [1.165, 1.54) is 0 Å². The van der Waals surface area contributed by atoms with Crippen LogP contribution in [-0.4, -0.2) is 58.3 Å². The van der Waals surface area contributed by atoms with Gasteiger partial charge in [-0.1, -0.05) is 26.7 Å². The zero-order valence-corrected chi connectivity index (χ0v) is 27.2. The molecular weight excluding hydrogens is 590 g/mol. The van der Waals surface area contributed by atoms with Crippen LogP contribution in [0.15, 0.2) is 23.0 Å². The van der Waals surface area contributed by atoms with E-state index in [0.717, 1.165) is 52.5 Å². The predicted octanol–water partition coefficient (Wildman–Crippen LogP) is 4.32. The molecule has 1 atom stereocenters. The number of pyridine rings is 2. The molecule has 0 saturated carbocycles. The van der Waals surface area contributed by atoms with E-state index >= 15 is 0 Å². The van der Waals surface area contributed by atoms with Gasteiger partial charge in [-0.2, -0.15) is 0 Å². The number of nitrogens with one attached hydrogen (secondary N) is 2. The molecule has 0 saturated heterocycles. The Bertz CT molecular complexity index is 1750. The number of hydrogen-bond acceptors (Lipinski definition) is 9. The standard InChI is InChI=1S/C34H43N5O7/c1-6-20-21-18-39-26(16-24-23(31(39)41)19-45-32(42)34(24,3)7-2)30(21)36-25-13-14-27(22(29(20)25)17-38(4)5)46-33(43)35-15-11-9-8-10-12-28(40)37-44/h13-14,16,44H,6-12,15,17-19H2,1-5H3,(H,35,43)(H,37,40)/t34-/m1/s1. The number of carbonyl (C=O) groups is 3. The second-order valence-corrected chi connectivity index (χ2v) is 12.5. The van der Waals surface area contributed by atoms with Gasteiger partial charge in [-0.25, -0.2) is 15.3 Å². The average molecular weight is 634 g/mol. The Morgan fingerprint density at radius 3 is 2.57 bits per heavy atom. The largest absolute Gasteiger partial charge is 0.460 e. The SMILES string of the molecule is CCc1c2c(nc3ccc(OC(=O)NCCCCCCC(=O)NO)c(CN(C)C)c13)-c1cc3c(c(=O)n1C2)COC(=O)[C@]3(C)CC. The maximum absolute atomic E-state index is 13.8. The number of unbranched alkanes of at least 4 members (excludes halogenated alkanes) is 3. The van der Waals surface area contributed by atoms with Crippen LogP contribution < -0.4 is 21.1 Å². The van der Waals surface area contributed by atoms with Crippen molar-refractivity contribution in [1.82, 2.24) is 25.2 Å².